The lowest BCUT2D eigenvalue weighted by Crippen LogP contribution is -2.47. The number of allylic oxidation sites excluding steroid dienone is 1. The average molecular weight is 910 g/mol. The van der Waals surface area contributed by atoms with Gasteiger partial charge in [0.05, 0.1) is 33.6 Å². The van der Waals surface area contributed by atoms with Crippen molar-refractivity contribution in [3.63, 3.8) is 0 Å². The monoisotopic (exact) mass is 908 g/mol. The second kappa shape index (κ2) is 19.7. The third-order valence-corrected chi connectivity index (χ3v) is 13.5. The van der Waals surface area contributed by atoms with Gasteiger partial charge in [-0.25, -0.2) is 17.5 Å². The first-order valence-electron chi connectivity index (χ1n) is 20.7. The molecule has 0 spiro atoms. The van der Waals surface area contributed by atoms with E-state index in [-0.39, 0.29) is 33.2 Å². The van der Waals surface area contributed by atoms with Crippen LogP contribution in [-0.4, -0.2) is 101 Å². The summed E-state index contributed by atoms with van der Waals surface area (Å²) >= 11 is 12.6. The molecule has 2 N–H and O–H groups in total. The minimum Gasteiger partial charge on any atom is -0.455 e. The molecule has 4 aromatic rings. The Morgan fingerprint density at radius 3 is 2.37 bits per heavy atom. The summed E-state index contributed by atoms with van der Waals surface area (Å²) in [5, 5.41) is 15.8. The minimum absolute atomic E-state index is 0.0173. The Morgan fingerprint density at radius 2 is 1.66 bits per heavy atom. The Bertz CT molecular complexity index is 2420. The van der Waals surface area contributed by atoms with Crippen molar-refractivity contribution in [3.05, 3.63) is 122 Å². The summed E-state index contributed by atoms with van der Waals surface area (Å²) in [6, 6.07) is 19.9. The van der Waals surface area contributed by atoms with E-state index in [4.69, 9.17) is 32.7 Å². The molecule has 330 valence electrons. The first-order valence-corrected chi connectivity index (χ1v) is 23.0. The Hall–Kier alpha value is -4.77. The van der Waals surface area contributed by atoms with Crippen LogP contribution in [0.5, 0.6) is 11.5 Å². The fourth-order valence-electron chi connectivity index (χ4n) is 8.12. The van der Waals surface area contributed by atoms with Crippen LogP contribution in [0.4, 0.5) is 21.5 Å². The second-order valence-electron chi connectivity index (χ2n) is 16.7. The first-order chi connectivity index (χ1) is 29.6. The Morgan fingerprint density at radius 1 is 0.919 bits per heavy atom. The van der Waals surface area contributed by atoms with E-state index in [0.717, 1.165) is 82.4 Å². The van der Waals surface area contributed by atoms with Gasteiger partial charge < -0.3 is 19.7 Å². The number of benzene rings is 4. The average Bonchev–Trinajstić information content (AvgIpc) is 3.24. The van der Waals surface area contributed by atoms with Crippen molar-refractivity contribution in [1.82, 2.24) is 14.5 Å². The molecule has 2 heterocycles. The van der Waals surface area contributed by atoms with Crippen LogP contribution in [0, 0.1) is 21.3 Å². The molecule has 17 heteroatoms. The predicted octanol–water partition coefficient (Wildman–Crippen LogP) is 8.87. The number of carbonyl (C=O) groups is 1. The standard InChI is InChI=1S/C45H51Cl2FN6O7S/c1-45(2)15-14-32(38(29-45)31-4-6-33(46)7-5-31)30-52-18-20-53(21-19-52)35-9-11-37(43(27-35)61-42-13-8-34(48)26-39(42)47)44(55)50-62(58,59)36-10-12-40(41(28-36)54(56)57)49-16-3-17-51-22-24-60-25-23-51/h4-13,26-28,49H,3,14-25,29-30H2,1-2H3,(H,50,55). The highest BCUT2D eigenvalue weighted by molar-refractivity contribution is 7.90. The largest absolute Gasteiger partial charge is 0.455 e. The van der Waals surface area contributed by atoms with Crippen molar-refractivity contribution in [1.29, 1.82) is 0 Å². The normalized spacial score (nSPS) is 17.5. The number of rotatable bonds is 15. The summed E-state index contributed by atoms with van der Waals surface area (Å²) in [5.74, 6) is -1.59. The van der Waals surface area contributed by atoms with Crippen molar-refractivity contribution < 1.29 is 32.0 Å². The lowest BCUT2D eigenvalue weighted by atomic mass is 9.72. The van der Waals surface area contributed by atoms with Crippen LogP contribution in [0.3, 0.4) is 0 Å². The lowest BCUT2D eigenvalue weighted by Gasteiger charge is -2.39. The fourth-order valence-corrected chi connectivity index (χ4v) is 9.44. The zero-order valence-corrected chi connectivity index (χ0v) is 37.1. The maximum absolute atomic E-state index is 14.0. The molecular weight excluding hydrogens is 859 g/mol. The van der Waals surface area contributed by atoms with E-state index < -0.39 is 37.3 Å². The van der Waals surface area contributed by atoms with Gasteiger partial charge in [0.1, 0.15) is 23.0 Å². The summed E-state index contributed by atoms with van der Waals surface area (Å²) in [4.78, 5) is 31.6. The van der Waals surface area contributed by atoms with Crippen molar-refractivity contribution in [2.24, 2.45) is 5.41 Å². The summed E-state index contributed by atoms with van der Waals surface area (Å²) in [5.41, 5.74) is 4.52. The highest BCUT2D eigenvalue weighted by atomic mass is 35.5. The molecule has 7 rings (SSSR count). The first kappa shape index (κ1) is 45.3. The van der Waals surface area contributed by atoms with E-state index in [1.165, 1.54) is 41.0 Å². The fraction of sp³-hybridized carbons (Fsp3) is 0.400. The van der Waals surface area contributed by atoms with E-state index in [0.29, 0.717) is 44.3 Å². The summed E-state index contributed by atoms with van der Waals surface area (Å²) in [6.45, 7) is 12.5. The Balaban J connectivity index is 1.06. The number of ether oxygens (including phenoxy) is 2. The molecule has 2 saturated heterocycles. The third kappa shape index (κ3) is 11.4. The molecule has 2 fully saturated rings. The van der Waals surface area contributed by atoms with Gasteiger partial charge in [0.2, 0.25) is 0 Å². The van der Waals surface area contributed by atoms with Crippen molar-refractivity contribution in [3.8, 4) is 11.5 Å². The van der Waals surface area contributed by atoms with Crippen LogP contribution in [0.25, 0.3) is 5.57 Å². The molecule has 1 aliphatic carbocycles. The van der Waals surface area contributed by atoms with E-state index in [1.807, 2.05) is 12.1 Å². The molecule has 4 aromatic carbocycles. The minimum atomic E-state index is -4.61. The van der Waals surface area contributed by atoms with E-state index in [1.54, 1.807) is 12.1 Å². The van der Waals surface area contributed by atoms with Crippen LogP contribution in [0.1, 0.15) is 55.5 Å². The van der Waals surface area contributed by atoms with Gasteiger partial charge in [-0.05, 0) is 103 Å². The van der Waals surface area contributed by atoms with E-state index in [2.05, 4.69) is 50.7 Å². The van der Waals surface area contributed by atoms with Crippen LogP contribution < -0.4 is 19.7 Å². The molecular formula is C45H51Cl2FN6O7S. The van der Waals surface area contributed by atoms with Gasteiger partial charge >= 0.3 is 0 Å². The van der Waals surface area contributed by atoms with Crippen molar-refractivity contribution in [2.45, 2.75) is 44.4 Å². The number of carbonyl (C=O) groups excluding carboxylic acids is 1. The number of anilines is 2. The number of halogens is 3. The highest BCUT2D eigenvalue weighted by Gasteiger charge is 2.30. The zero-order valence-electron chi connectivity index (χ0n) is 34.8. The Labute approximate surface area is 372 Å². The molecule has 0 aromatic heterocycles. The number of piperazine rings is 1. The number of nitrogens with one attached hydrogen (secondary N) is 2. The lowest BCUT2D eigenvalue weighted by molar-refractivity contribution is -0.384. The van der Waals surface area contributed by atoms with E-state index >= 15 is 0 Å². The maximum atomic E-state index is 14.0. The molecule has 2 aliphatic heterocycles. The number of nitro benzene ring substituents is 1. The number of hydrogen-bond donors (Lipinski definition) is 2. The van der Waals surface area contributed by atoms with Gasteiger partial charge in [0.15, 0.2) is 0 Å². The second-order valence-corrected chi connectivity index (χ2v) is 19.2. The smallest absolute Gasteiger partial charge is 0.293 e. The molecule has 0 saturated carbocycles. The maximum Gasteiger partial charge on any atom is 0.293 e. The molecule has 3 aliphatic rings. The van der Waals surface area contributed by atoms with Crippen LogP contribution in [0.15, 0.2) is 89.3 Å². The molecule has 62 heavy (non-hydrogen) atoms. The topological polar surface area (TPSA) is 147 Å². The van der Waals surface area contributed by atoms with E-state index in [9.17, 15) is 27.7 Å². The molecule has 0 radical (unpaired) electrons. The Kier molecular flexibility index (Phi) is 14.4. The van der Waals surface area contributed by atoms with Crippen LogP contribution in [-0.2, 0) is 14.8 Å². The number of nitrogens with zero attached hydrogens (tertiary/aromatic N) is 4. The SMILES string of the molecule is CC1(C)CCC(CN2CCN(c3ccc(C(=O)NS(=O)(=O)c4ccc(NCCCN5CCOCC5)c([N+](=O)[O-])c4)c(Oc4ccc(F)cc4Cl)c3)CC2)=C(c2ccc(Cl)cc2)C1. The molecule has 0 atom stereocenters. The quantitative estimate of drug-likeness (QED) is 0.0670. The predicted molar refractivity (Wildman–Crippen MR) is 241 cm³/mol. The van der Waals surface area contributed by atoms with Gasteiger partial charge in [-0.15, -0.1) is 0 Å². The number of morpholine rings is 1. The van der Waals surface area contributed by atoms with Crippen LogP contribution in [0.2, 0.25) is 10.0 Å². The molecule has 0 bridgehead atoms. The number of sulfonamides is 1. The van der Waals surface area contributed by atoms with Crippen molar-refractivity contribution in [2.75, 3.05) is 82.3 Å². The molecule has 0 unspecified atom stereocenters. The van der Waals surface area contributed by atoms with Crippen LogP contribution >= 0.6 is 23.2 Å². The zero-order chi connectivity index (χ0) is 44.0. The van der Waals surface area contributed by atoms with Gasteiger partial charge in [-0.1, -0.05) is 54.8 Å². The summed E-state index contributed by atoms with van der Waals surface area (Å²) < 4.78 is 54.8. The van der Waals surface area contributed by atoms with Gasteiger partial charge in [-0.3, -0.25) is 24.7 Å². The van der Waals surface area contributed by atoms with Gasteiger partial charge in [0, 0.05) is 75.2 Å². The summed E-state index contributed by atoms with van der Waals surface area (Å²) in [7, 11) is -4.61. The third-order valence-electron chi connectivity index (χ3n) is 11.6. The number of amides is 1. The van der Waals surface area contributed by atoms with Crippen molar-refractivity contribution >= 4 is 61.8 Å². The molecule has 13 nitrogen and oxygen atoms in total. The number of nitro groups is 1. The summed E-state index contributed by atoms with van der Waals surface area (Å²) in [6.07, 6.45) is 3.83. The number of hydrogen-bond acceptors (Lipinski definition) is 11. The van der Waals surface area contributed by atoms with Gasteiger partial charge in [-0.2, -0.15) is 0 Å². The van der Waals surface area contributed by atoms with Gasteiger partial charge in [0.25, 0.3) is 21.6 Å². The highest BCUT2D eigenvalue weighted by Crippen LogP contribution is 2.43. The molecule has 1 amide bonds.